The summed E-state index contributed by atoms with van der Waals surface area (Å²) < 4.78 is 11.1. The minimum Gasteiger partial charge on any atom is -1.00 e. The quantitative estimate of drug-likeness (QED) is 0.0476. The maximum absolute atomic E-state index is 13.2. The zero-order valence-electron chi connectivity index (χ0n) is 43.9. The number of carbonyl (C=O) groups excluding carboxylic acids is 3. The molecule has 2 atom stereocenters. The molecule has 2 fully saturated rings. The van der Waals surface area contributed by atoms with Gasteiger partial charge < -0.3 is 42.7 Å². The number of likely N-dealkylation sites (tertiary alicyclic amines) is 1. The maximum atomic E-state index is 13.2. The number of carbonyl (C=O) groups is 3. The van der Waals surface area contributed by atoms with Gasteiger partial charge in [-0.15, -0.1) is 0 Å². The van der Waals surface area contributed by atoms with Crippen molar-refractivity contribution in [1.29, 1.82) is 5.26 Å². The molecule has 0 aliphatic carbocycles. The van der Waals surface area contributed by atoms with Crippen molar-refractivity contribution < 1.29 is 138 Å². The summed E-state index contributed by atoms with van der Waals surface area (Å²) in [5, 5.41) is 20.1. The van der Waals surface area contributed by atoms with Gasteiger partial charge in [-0.25, -0.2) is 0 Å². The Hall–Kier alpha value is -3.55. The Morgan fingerprint density at radius 1 is 0.730 bits per heavy atom. The zero-order valence-corrected chi connectivity index (χ0v) is 50.8. The van der Waals surface area contributed by atoms with E-state index in [1.807, 2.05) is 121 Å². The van der Waals surface area contributed by atoms with Crippen molar-refractivity contribution in [3.8, 4) is 17.6 Å². The Morgan fingerprint density at radius 2 is 1.14 bits per heavy atom. The summed E-state index contributed by atoms with van der Waals surface area (Å²) in [4.78, 5) is 39.5. The van der Waals surface area contributed by atoms with Crippen LogP contribution in [0.5, 0.6) is 11.5 Å². The van der Waals surface area contributed by atoms with E-state index in [1.54, 1.807) is 6.07 Å². The molecule has 74 heavy (non-hydrogen) atoms. The number of benzene rings is 6. The summed E-state index contributed by atoms with van der Waals surface area (Å²) in [6.45, 7) is 7.46. The van der Waals surface area contributed by atoms with Crippen molar-refractivity contribution in [3.63, 3.8) is 0 Å². The molecule has 5 N–H and O–H groups in total. The number of amides is 2. The van der Waals surface area contributed by atoms with E-state index in [1.165, 1.54) is 29.2 Å². The molecule has 2 amide bonds. The van der Waals surface area contributed by atoms with Crippen molar-refractivity contribution in [2.24, 2.45) is 23.3 Å². The molecule has 12 nitrogen and oxygen atoms in total. The first-order chi connectivity index (χ1) is 35.2. The van der Waals surface area contributed by atoms with Crippen LogP contribution in [0.2, 0.25) is 0 Å². The van der Waals surface area contributed by atoms with Gasteiger partial charge in [-0.05, 0) is 114 Å². The number of ether oxygens (including phenoxy) is 2. The summed E-state index contributed by atoms with van der Waals surface area (Å²) in [5.41, 5.74) is 20.0. The number of fused-ring (bicyclic) bond motifs is 2. The Bertz CT molecular complexity index is 2610. The number of aryl methyl sites for hydroxylation is 1. The predicted octanol–water partition coefficient (Wildman–Crippen LogP) is 1.67. The van der Waals surface area contributed by atoms with Gasteiger partial charge in [0.2, 0.25) is 11.8 Å². The van der Waals surface area contributed by atoms with E-state index in [0.29, 0.717) is 0 Å². The first-order valence-corrected chi connectivity index (χ1v) is 25.6. The molecule has 4 heterocycles. The van der Waals surface area contributed by atoms with Crippen molar-refractivity contribution >= 4 is 34.2 Å². The molecule has 6 aromatic rings. The van der Waals surface area contributed by atoms with Crippen LogP contribution in [0, 0.1) is 23.2 Å². The van der Waals surface area contributed by atoms with Crippen LogP contribution >= 0.6 is 15.9 Å². The van der Waals surface area contributed by atoms with E-state index < -0.39 is 10.8 Å². The van der Waals surface area contributed by atoms with E-state index in [-0.39, 0.29) is 134 Å². The number of rotatable bonds is 14. The average molecular weight is 1120 g/mol. The van der Waals surface area contributed by atoms with Gasteiger partial charge in [-0.1, -0.05) is 162 Å². The van der Waals surface area contributed by atoms with Gasteiger partial charge in [0.25, 0.3) is 6.47 Å². The van der Waals surface area contributed by atoms with Crippen LogP contribution in [-0.2, 0) is 55.8 Å². The number of nitriles is 1. The minimum atomic E-state index is -0.817. The Balaban J connectivity index is 0.000000296. The standard InChI is InChI=1S/C28H30N2O2.C18H20N2O.C10H11BrO.C2H3N.CH2O3.2K.H/c29-27(31)28(23-7-3-1-4-8-23,24-9-5-2-6-10-24)25-14-17-30(20-25)16-13-21-11-12-26-22(19-21)15-18-32-26;19-17(21)18(16-11-12-20-13-16,14-7-3-1-4-8-14)15-9-5-2-6-10-15;11-5-3-8-1-2-10-9(7-8)4-6-12-10;1-2-3;2-1-4-3;;;/h1-12,19,25H,13-18,20H2,(H2,29,31);1-10,16,20H,11-13H2,(H2,19,21);1-2,7H,3-6H2;1H3;1,3H;;;/q;;;;;2*+1;-1/p-1. The molecule has 2 saturated heterocycles. The number of alkyl halides is 1. The third kappa shape index (κ3) is 16.0. The number of nitrogens with one attached hydrogen (secondary N) is 1. The smallest absolute Gasteiger partial charge is 1.00 e. The minimum absolute atomic E-state index is 0. The molecule has 0 aromatic heterocycles. The SMILES string of the molecule is BrCCc1ccc2c(c1)CCO2.CC#N.NC(=O)C(c1ccccc1)(c1ccccc1)C1CCN(CCc2ccc3c(c2)CCO3)C1.NC(=O)C(c1ccccc1)(c1ccccc1)C1CCNC1.O=CO[O-].[H-].[K+].[K+]. The number of hydrogen-bond acceptors (Lipinski definition) is 10. The van der Waals surface area contributed by atoms with Crippen molar-refractivity contribution in [3.05, 3.63) is 202 Å². The molecule has 0 radical (unpaired) electrons. The van der Waals surface area contributed by atoms with Crippen LogP contribution < -0.4 is 134 Å². The summed E-state index contributed by atoms with van der Waals surface area (Å²) in [6, 6.07) is 54.8. The monoisotopic (exact) mass is 1110 g/mol. The summed E-state index contributed by atoms with van der Waals surface area (Å²) >= 11 is 3.44. The van der Waals surface area contributed by atoms with Crippen molar-refractivity contribution in [2.75, 3.05) is 51.3 Å². The molecule has 0 bridgehead atoms. The van der Waals surface area contributed by atoms with Crippen LogP contribution in [0.15, 0.2) is 158 Å². The molecule has 4 aliphatic heterocycles. The molecule has 10 rings (SSSR count). The molecule has 4 aliphatic rings. The topological polar surface area (TPSA) is 193 Å². The number of hydrogen-bond donors (Lipinski definition) is 3. The second kappa shape index (κ2) is 32.9. The van der Waals surface area contributed by atoms with E-state index >= 15 is 0 Å². The van der Waals surface area contributed by atoms with Gasteiger partial charge in [0.15, 0.2) is 0 Å². The van der Waals surface area contributed by atoms with Crippen LogP contribution in [0.25, 0.3) is 0 Å². The van der Waals surface area contributed by atoms with Gasteiger partial charge in [0, 0.05) is 38.2 Å². The van der Waals surface area contributed by atoms with Gasteiger partial charge in [-0.2, -0.15) is 5.26 Å². The number of nitrogens with two attached hydrogens (primary N) is 2. The summed E-state index contributed by atoms with van der Waals surface area (Å²) in [6.07, 6.45) is 6.08. The first kappa shape index (κ1) is 63.0. The van der Waals surface area contributed by atoms with Crippen LogP contribution in [-0.4, -0.2) is 74.5 Å². The van der Waals surface area contributed by atoms with Crippen molar-refractivity contribution in [1.82, 2.24) is 10.2 Å². The van der Waals surface area contributed by atoms with Crippen LogP contribution in [0.4, 0.5) is 0 Å². The Labute approximate surface area is 531 Å². The van der Waals surface area contributed by atoms with Crippen LogP contribution in [0.1, 0.15) is 65.7 Å². The van der Waals surface area contributed by atoms with E-state index in [0.717, 1.165) is 124 Å². The molecular weight excluding hydrogens is 1050 g/mol. The zero-order chi connectivity index (χ0) is 51.2. The summed E-state index contributed by atoms with van der Waals surface area (Å²) in [5.74, 6) is 1.90. The molecule has 15 heteroatoms. The summed E-state index contributed by atoms with van der Waals surface area (Å²) in [7, 11) is 0. The molecule has 2 unspecified atom stereocenters. The average Bonchev–Trinajstić information content (AvgIpc) is 4.28. The fourth-order valence-corrected chi connectivity index (χ4v) is 11.1. The molecule has 0 saturated carbocycles. The largest absolute Gasteiger partial charge is 1.00 e. The second-order valence-electron chi connectivity index (χ2n) is 18.0. The Kier molecular flexibility index (Phi) is 28.0. The maximum Gasteiger partial charge on any atom is 1.00 e. The van der Waals surface area contributed by atoms with Crippen LogP contribution in [0.3, 0.4) is 0 Å². The molecule has 0 spiro atoms. The molecule has 378 valence electrons. The molecule has 6 aromatic carbocycles. The third-order valence-electron chi connectivity index (χ3n) is 13.9. The first-order valence-electron chi connectivity index (χ1n) is 24.5. The number of primary amides is 2. The normalized spacial score (nSPS) is 15.9. The van der Waals surface area contributed by atoms with Gasteiger partial charge in [-0.3, -0.25) is 14.4 Å². The van der Waals surface area contributed by atoms with Gasteiger partial charge >= 0.3 is 103 Å². The second-order valence-corrected chi connectivity index (χ2v) is 18.8. The predicted molar refractivity (Wildman–Crippen MR) is 283 cm³/mol. The van der Waals surface area contributed by atoms with Crippen molar-refractivity contribution in [2.45, 2.75) is 56.3 Å². The van der Waals surface area contributed by atoms with E-state index in [2.05, 4.69) is 67.4 Å². The molecular formula is C59H66BrK2N5O7. The third-order valence-corrected chi connectivity index (χ3v) is 14.3. The fraction of sp³-hybridized carbons (Fsp3) is 0.322. The van der Waals surface area contributed by atoms with Gasteiger partial charge in [0.05, 0.1) is 19.3 Å². The van der Waals surface area contributed by atoms with E-state index in [4.69, 9.17) is 36.3 Å². The Morgan fingerprint density at radius 3 is 1.50 bits per heavy atom. The number of halogens is 1. The number of nitrogens with zero attached hydrogens (tertiary/aromatic N) is 2. The van der Waals surface area contributed by atoms with Gasteiger partial charge in [0.1, 0.15) is 22.3 Å². The van der Waals surface area contributed by atoms with E-state index in [9.17, 15) is 9.59 Å². The fourth-order valence-electron chi connectivity index (χ4n) is 10.7.